The Balaban J connectivity index is 1.83. The molecular weight excluding hydrogens is 186 g/mol. The van der Waals surface area contributed by atoms with Crippen molar-refractivity contribution in [2.45, 2.75) is 45.1 Å². The molecule has 0 amide bonds. The highest BCUT2D eigenvalue weighted by atomic mass is 16.1. The third-order valence-electron chi connectivity index (χ3n) is 5.00. The first kappa shape index (κ1) is 9.83. The summed E-state index contributed by atoms with van der Waals surface area (Å²) < 4.78 is 0. The Morgan fingerprint density at radius 1 is 1.07 bits per heavy atom. The molecule has 4 aliphatic carbocycles. The zero-order valence-electron chi connectivity index (χ0n) is 9.49. The first-order valence-corrected chi connectivity index (χ1v) is 6.44. The standard InChI is InChI=1S/C13H21NO/c1-7(14)13(15)12-10-3-8-2-9(5-10)6-11(12)4-8/h7-12H,2-6,14H2,1H3. The Kier molecular flexibility index (Phi) is 2.17. The molecule has 0 heterocycles. The van der Waals surface area contributed by atoms with Crippen molar-refractivity contribution in [3.05, 3.63) is 0 Å². The molecule has 0 aromatic heterocycles. The molecule has 15 heavy (non-hydrogen) atoms. The highest BCUT2D eigenvalue weighted by Crippen LogP contribution is 2.56. The topological polar surface area (TPSA) is 43.1 Å². The minimum Gasteiger partial charge on any atom is -0.322 e. The van der Waals surface area contributed by atoms with Gasteiger partial charge in [0.1, 0.15) is 0 Å². The van der Waals surface area contributed by atoms with Crippen LogP contribution in [0, 0.1) is 29.6 Å². The van der Waals surface area contributed by atoms with E-state index < -0.39 is 0 Å². The molecule has 4 rings (SSSR count). The van der Waals surface area contributed by atoms with Crippen molar-refractivity contribution in [1.82, 2.24) is 0 Å². The summed E-state index contributed by atoms with van der Waals surface area (Å²) in [5.41, 5.74) is 5.77. The molecule has 2 heteroatoms. The number of nitrogens with two attached hydrogens (primary N) is 1. The zero-order valence-corrected chi connectivity index (χ0v) is 9.49. The Morgan fingerprint density at radius 2 is 1.53 bits per heavy atom. The fraction of sp³-hybridized carbons (Fsp3) is 0.923. The van der Waals surface area contributed by atoms with Gasteiger partial charge in [-0.05, 0) is 62.7 Å². The molecule has 0 aromatic carbocycles. The van der Waals surface area contributed by atoms with Crippen LogP contribution in [-0.4, -0.2) is 11.8 Å². The van der Waals surface area contributed by atoms with Crippen LogP contribution in [0.1, 0.15) is 39.0 Å². The van der Waals surface area contributed by atoms with E-state index >= 15 is 0 Å². The van der Waals surface area contributed by atoms with Crippen LogP contribution in [-0.2, 0) is 4.79 Å². The summed E-state index contributed by atoms with van der Waals surface area (Å²) >= 11 is 0. The fourth-order valence-corrected chi connectivity index (χ4v) is 4.69. The van der Waals surface area contributed by atoms with Crippen molar-refractivity contribution in [3.63, 3.8) is 0 Å². The molecule has 0 spiro atoms. The predicted octanol–water partition coefficient (Wildman–Crippen LogP) is 1.97. The molecule has 4 bridgehead atoms. The summed E-state index contributed by atoms with van der Waals surface area (Å²) in [4.78, 5) is 12.1. The van der Waals surface area contributed by atoms with Gasteiger partial charge in [0.05, 0.1) is 6.04 Å². The Morgan fingerprint density at radius 3 is 1.93 bits per heavy atom. The summed E-state index contributed by atoms with van der Waals surface area (Å²) in [5, 5.41) is 0. The number of rotatable bonds is 2. The van der Waals surface area contributed by atoms with Gasteiger partial charge < -0.3 is 5.73 Å². The number of hydrogen-bond acceptors (Lipinski definition) is 2. The molecule has 2 nitrogen and oxygen atoms in total. The van der Waals surface area contributed by atoms with Crippen LogP contribution in [0.4, 0.5) is 0 Å². The molecule has 4 fully saturated rings. The van der Waals surface area contributed by atoms with Crippen molar-refractivity contribution >= 4 is 5.78 Å². The van der Waals surface area contributed by atoms with Gasteiger partial charge in [-0.2, -0.15) is 0 Å². The lowest BCUT2D eigenvalue weighted by Gasteiger charge is -2.54. The second kappa shape index (κ2) is 3.31. The summed E-state index contributed by atoms with van der Waals surface area (Å²) in [5.74, 6) is 3.97. The van der Waals surface area contributed by atoms with Crippen LogP contribution >= 0.6 is 0 Å². The Bertz CT molecular complexity index is 256. The number of carbonyl (C=O) groups is 1. The summed E-state index contributed by atoms with van der Waals surface area (Å²) in [6.45, 7) is 1.85. The van der Waals surface area contributed by atoms with Gasteiger partial charge in [-0.3, -0.25) is 4.79 Å². The smallest absolute Gasteiger partial charge is 0.152 e. The monoisotopic (exact) mass is 207 g/mol. The molecule has 0 saturated heterocycles. The van der Waals surface area contributed by atoms with E-state index in [9.17, 15) is 4.79 Å². The predicted molar refractivity (Wildman–Crippen MR) is 59.2 cm³/mol. The van der Waals surface area contributed by atoms with Crippen molar-refractivity contribution in [3.8, 4) is 0 Å². The molecule has 4 saturated carbocycles. The third kappa shape index (κ3) is 1.45. The Hall–Kier alpha value is -0.370. The highest BCUT2D eigenvalue weighted by molar-refractivity contribution is 5.86. The maximum absolute atomic E-state index is 12.1. The maximum atomic E-state index is 12.1. The van der Waals surface area contributed by atoms with Crippen molar-refractivity contribution < 1.29 is 4.79 Å². The van der Waals surface area contributed by atoms with E-state index in [1.165, 1.54) is 32.1 Å². The van der Waals surface area contributed by atoms with E-state index in [4.69, 9.17) is 5.73 Å². The minimum atomic E-state index is -0.243. The molecule has 1 atom stereocenters. The number of Topliss-reactive ketones (excluding diaryl/α,β-unsaturated/α-hetero) is 1. The van der Waals surface area contributed by atoms with Crippen LogP contribution < -0.4 is 5.73 Å². The van der Waals surface area contributed by atoms with E-state index in [-0.39, 0.29) is 6.04 Å². The highest BCUT2D eigenvalue weighted by Gasteiger charge is 2.50. The average Bonchev–Trinajstić information content (AvgIpc) is 2.15. The number of hydrogen-bond donors (Lipinski definition) is 1. The van der Waals surface area contributed by atoms with Crippen LogP contribution in [0.5, 0.6) is 0 Å². The van der Waals surface area contributed by atoms with Gasteiger partial charge in [-0.15, -0.1) is 0 Å². The average molecular weight is 207 g/mol. The van der Waals surface area contributed by atoms with Crippen LogP contribution in [0.2, 0.25) is 0 Å². The third-order valence-corrected chi connectivity index (χ3v) is 5.00. The molecule has 84 valence electrons. The minimum absolute atomic E-state index is 0.243. The second-order valence-electron chi connectivity index (χ2n) is 6.15. The molecule has 0 aromatic rings. The molecule has 0 aliphatic heterocycles. The normalized spacial score (nSPS) is 49.3. The molecular formula is C13H21NO. The van der Waals surface area contributed by atoms with Crippen molar-refractivity contribution in [2.24, 2.45) is 35.3 Å². The van der Waals surface area contributed by atoms with E-state index in [0.717, 1.165) is 11.8 Å². The first-order valence-electron chi connectivity index (χ1n) is 6.44. The quantitative estimate of drug-likeness (QED) is 0.752. The van der Waals surface area contributed by atoms with Gasteiger partial charge in [0.15, 0.2) is 5.78 Å². The second-order valence-corrected chi connectivity index (χ2v) is 6.15. The van der Waals surface area contributed by atoms with E-state index in [1.807, 2.05) is 6.92 Å². The molecule has 1 unspecified atom stereocenters. The molecule has 4 aliphatic rings. The van der Waals surface area contributed by atoms with E-state index in [0.29, 0.717) is 23.5 Å². The SMILES string of the molecule is CC(N)C(=O)C1C2CC3CC(C2)CC1C3. The van der Waals surface area contributed by atoms with Crippen LogP contribution in [0.3, 0.4) is 0 Å². The molecule has 0 radical (unpaired) electrons. The van der Waals surface area contributed by atoms with Crippen LogP contribution in [0.15, 0.2) is 0 Å². The van der Waals surface area contributed by atoms with Crippen molar-refractivity contribution in [2.75, 3.05) is 0 Å². The largest absolute Gasteiger partial charge is 0.322 e. The lowest BCUT2D eigenvalue weighted by atomic mass is 9.51. The summed E-state index contributed by atoms with van der Waals surface area (Å²) in [6, 6.07) is -0.243. The van der Waals surface area contributed by atoms with E-state index in [1.54, 1.807) is 0 Å². The fourth-order valence-electron chi connectivity index (χ4n) is 4.69. The van der Waals surface area contributed by atoms with Crippen LogP contribution in [0.25, 0.3) is 0 Å². The summed E-state index contributed by atoms with van der Waals surface area (Å²) in [7, 11) is 0. The van der Waals surface area contributed by atoms with Gasteiger partial charge in [0.25, 0.3) is 0 Å². The Labute approximate surface area is 91.6 Å². The first-order chi connectivity index (χ1) is 7.15. The van der Waals surface area contributed by atoms with Gasteiger partial charge in [-0.1, -0.05) is 0 Å². The zero-order chi connectivity index (χ0) is 10.6. The summed E-state index contributed by atoms with van der Waals surface area (Å²) in [6.07, 6.45) is 6.71. The lowest BCUT2D eigenvalue weighted by Crippen LogP contribution is -2.51. The number of ketones is 1. The van der Waals surface area contributed by atoms with Gasteiger partial charge >= 0.3 is 0 Å². The van der Waals surface area contributed by atoms with Crippen molar-refractivity contribution in [1.29, 1.82) is 0 Å². The van der Waals surface area contributed by atoms with E-state index in [2.05, 4.69) is 0 Å². The van der Waals surface area contributed by atoms with Gasteiger partial charge in [0, 0.05) is 5.92 Å². The maximum Gasteiger partial charge on any atom is 0.152 e. The lowest BCUT2D eigenvalue weighted by molar-refractivity contribution is -0.136. The van der Waals surface area contributed by atoms with Gasteiger partial charge in [-0.25, -0.2) is 0 Å². The molecule has 2 N–H and O–H groups in total. The number of carbonyl (C=O) groups excluding carboxylic acids is 1. The van der Waals surface area contributed by atoms with Gasteiger partial charge in [0.2, 0.25) is 0 Å².